The maximum absolute atomic E-state index is 12.4. The molecule has 0 aliphatic carbocycles. The van der Waals surface area contributed by atoms with E-state index in [9.17, 15) is 26.3 Å². The minimum Gasteiger partial charge on any atom is -0.293 e. The van der Waals surface area contributed by atoms with E-state index < -0.39 is 24.2 Å². The van der Waals surface area contributed by atoms with Crippen molar-refractivity contribution in [1.29, 1.82) is 0 Å². The van der Waals surface area contributed by atoms with Gasteiger partial charge in [0.05, 0.1) is 6.17 Å². The number of nitrogens with zero attached hydrogens (tertiary/aromatic N) is 2. The first-order valence-electron chi connectivity index (χ1n) is 4.32. The van der Waals surface area contributed by atoms with E-state index in [0.29, 0.717) is 0 Å². The molecule has 1 rings (SSSR count). The molecule has 17 heavy (non-hydrogen) atoms. The Morgan fingerprint density at radius 1 is 1.06 bits per heavy atom. The first-order chi connectivity index (χ1) is 6.95. The van der Waals surface area contributed by atoms with Crippen LogP contribution >= 0.6 is 12.4 Å². The minimum absolute atomic E-state index is 0. The molecule has 1 aliphatic rings. The Hall–Kier alpha value is -0.250. The van der Waals surface area contributed by atoms with Crippen molar-refractivity contribution in [3.05, 3.63) is 0 Å². The number of hydrogen-bond acceptors (Lipinski definition) is 3. The molecular formula is C7H12ClF6N3. The van der Waals surface area contributed by atoms with Crippen molar-refractivity contribution in [2.75, 3.05) is 14.1 Å². The van der Waals surface area contributed by atoms with Gasteiger partial charge in [0.1, 0.15) is 0 Å². The summed E-state index contributed by atoms with van der Waals surface area (Å²) in [6.45, 7) is 1.24. The highest BCUT2D eigenvalue weighted by Crippen LogP contribution is 2.53. The Bertz CT molecular complexity index is 262. The maximum atomic E-state index is 12.4. The highest BCUT2D eigenvalue weighted by Gasteiger charge is 2.85. The molecule has 1 fully saturated rings. The molecule has 0 radical (unpaired) electrons. The smallest absolute Gasteiger partial charge is 0.293 e. The van der Waals surface area contributed by atoms with E-state index in [-0.39, 0.29) is 17.4 Å². The van der Waals surface area contributed by atoms with Gasteiger partial charge in [-0.3, -0.25) is 4.90 Å². The maximum Gasteiger partial charge on any atom is 0.431 e. The number of rotatable bonds is 2. The van der Waals surface area contributed by atoms with Gasteiger partial charge in [0.2, 0.25) is 0 Å². The molecule has 104 valence electrons. The highest BCUT2D eigenvalue weighted by atomic mass is 35.5. The second-order valence-electron chi connectivity index (χ2n) is 3.78. The summed E-state index contributed by atoms with van der Waals surface area (Å²) in [7, 11) is 2.78. The summed E-state index contributed by atoms with van der Waals surface area (Å²) in [5, 5.41) is 0.146. The lowest BCUT2D eigenvalue weighted by Crippen LogP contribution is -2.53. The largest absolute Gasteiger partial charge is 0.431 e. The standard InChI is InChI=1S/C7H11F6N3.ClH/c1-4(15(2)3)16-5(14-16,6(8,9)10)7(11,12)13;/h4,14H,1-3H3;1H. The number of halogens is 7. The predicted octanol–water partition coefficient (Wildman–Crippen LogP) is 1.96. The Kier molecular flexibility index (Phi) is 4.38. The normalized spacial score (nSPS) is 25.4. The summed E-state index contributed by atoms with van der Waals surface area (Å²) in [6.07, 6.45) is -11.8. The lowest BCUT2D eigenvalue weighted by molar-refractivity contribution is -0.283. The Labute approximate surface area is 100 Å². The van der Waals surface area contributed by atoms with E-state index in [4.69, 9.17) is 0 Å². The fourth-order valence-corrected chi connectivity index (χ4v) is 1.31. The zero-order valence-electron chi connectivity index (χ0n) is 9.15. The van der Waals surface area contributed by atoms with Crippen LogP contribution in [-0.2, 0) is 0 Å². The van der Waals surface area contributed by atoms with Crippen molar-refractivity contribution < 1.29 is 26.3 Å². The summed E-state index contributed by atoms with van der Waals surface area (Å²) in [5.74, 6) is 0. The first-order valence-corrected chi connectivity index (χ1v) is 4.32. The second kappa shape index (κ2) is 4.45. The molecule has 1 N–H and O–H groups in total. The summed E-state index contributed by atoms with van der Waals surface area (Å²) in [4.78, 5) is 1.24. The minimum atomic E-state index is -5.41. The van der Waals surface area contributed by atoms with Gasteiger partial charge in [-0.25, -0.2) is 5.43 Å². The lowest BCUT2D eigenvalue weighted by atomic mass is 10.2. The third kappa shape index (κ3) is 2.47. The molecule has 1 heterocycles. The molecule has 2 unspecified atom stereocenters. The number of alkyl halides is 6. The van der Waals surface area contributed by atoms with Crippen LogP contribution in [0.5, 0.6) is 0 Å². The molecule has 1 aliphatic heterocycles. The molecule has 0 aromatic carbocycles. The van der Waals surface area contributed by atoms with E-state index in [2.05, 4.69) is 0 Å². The number of hydrogen-bond donors (Lipinski definition) is 1. The van der Waals surface area contributed by atoms with Crippen LogP contribution in [-0.4, -0.2) is 48.2 Å². The monoisotopic (exact) mass is 287 g/mol. The van der Waals surface area contributed by atoms with Crippen LogP contribution in [0, 0.1) is 0 Å². The third-order valence-corrected chi connectivity index (χ3v) is 2.54. The van der Waals surface area contributed by atoms with Crippen molar-refractivity contribution in [3.8, 4) is 0 Å². The summed E-state index contributed by atoms with van der Waals surface area (Å²) >= 11 is 0. The van der Waals surface area contributed by atoms with Crippen LogP contribution < -0.4 is 5.43 Å². The van der Waals surface area contributed by atoms with Gasteiger partial charge in [0, 0.05) is 0 Å². The number of nitrogens with one attached hydrogen (secondary N) is 1. The van der Waals surface area contributed by atoms with Crippen LogP contribution in [0.2, 0.25) is 0 Å². The van der Waals surface area contributed by atoms with Crippen molar-refractivity contribution in [2.24, 2.45) is 0 Å². The van der Waals surface area contributed by atoms with Gasteiger partial charge >= 0.3 is 12.4 Å². The second-order valence-corrected chi connectivity index (χ2v) is 3.78. The SMILES string of the molecule is CC(N(C)C)N1NC1(C(F)(F)F)C(F)(F)F.Cl. The molecule has 2 atom stereocenters. The molecule has 1 saturated heterocycles. The zero-order valence-corrected chi connectivity index (χ0v) is 9.96. The Morgan fingerprint density at radius 3 is 1.59 bits per heavy atom. The Balaban J connectivity index is 0.00000256. The Morgan fingerprint density at radius 2 is 1.41 bits per heavy atom. The fraction of sp³-hybridized carbons (Fsp3) is 1.00. The first kappa shape index (κ1) is 16.8. The van der Waals surface area contributed by atoms with Crippen molar-refractivity contribution in [1.82, 2.24) is 15.3 Å². The van der Waals surface area contributed by atoms with E-state index >= 15 is 0 Å². The van der Waals surface area contributed by atoms with Crippen LogP contribution in [0.3, 0.4) is 0 Å². The van der Waals surface area contributed by atoms with Gasteiger partial charge in [-0.2, -0.15) is 31.4 Å². The van der Waals surface area contributed by atoms with Gasteiger partial charge < -0.3 is 0 Å². The molecule has 0 spiro atoms. The average Bonchev–Trinajstić information content (AvgIpc) is 2.74. The summed E-state index contributed by atoms with van der Waals surface area (Å²) < 4.78 is 74.5. The van der Waals surface area contributed by atoms with Gasteiger partial charge in [-0.15, -0.1) is 12.4 Å². The average molecular weight is 288 g/mol. The topological polar surface area (TPSA) is 28.2 Å². The highest BCUT2D eigenvalue weighted by molar-refractivity contribution is 5.85. The van der Waals surface area contributed by atoms with E-state index in [0.717, 1.165) is 0 Å². The van der Waals surface area contributed by atoms with Gasteiger partial charge in [-0.1, -0.05) is 0 Å². The van der Waals surface area contributed by atoms with E-state index in [1.165, 1.54) is 31.3 Å². The van der Waals surface area contributed by atoms with Crippen molar-refractivity contribution >= 4 is 12.4 Å². The van der Waals surface area contributed by atoms with Gasteiger partial charge in [-0.05, 0) is 21.0 Å². The van der Waals surface area contributed by atoms with Gasteiger partial charge in [0.15, 0.2) is 0 Å². The molecule has 3 nitrogen and oxygen atoms in total. The van der Waals surface area contributed by atoms with E-state index in [1.807, 2.05) is 0 Å². The van der Waals surface area contributed by atoms with Crippen LogP contribution in [0.25, 0.3) is 0 Å². The molecule has 0 bridgehead atoms. The lowest BCUT2D eigenvalue weighted by Gasteiger charge is -2.26. The van der Waals surface area contributed by atoms with Crippen molar-refractivity contribution in [2.45, 2.75) is 31.1 Å². The molecular weight excluding hydrogens is 276 g/mol. The van der Waals surface area contributed by atoms with Crippen LogP contribution in [0.15, 0.2) is 0 Å². The molecule has 0 amide bonds. The summed E-state index contributed by atoms with van der Waals surface area (Å²) in [5.41, 5.74) is -2.53. The molecule has 0 aromatic heterocycles. The quantitative estimate of drug-likeness (QED) is 0.622. The fourth-order valence-electron chi connectivity index (χ4n) is 1.31. The summed E-state index contributed by atoms with van der Waals surface area (Å²) in [6, 6.07) is 0. The van der Waals surface area contributed by atoms with E-state index in [1.54, 1.807) is 0 Å². The molecule has 0 saturated carbocycles. The van der Waals surface area contributed by atoms with Crippen LogP contribution in [0.1, 0.15) is 6.92 Å². The van der Waals surface area contributed by atoms with Crippen LogP contribution in [0.4, 0.5) is 26.3 Å². The predicted molar refractivity (Wildman–Crippen MR) is 50.2 cm³/mol. The van der Waals surface area contributed by atoms with Crippen molar-refractivity contribution in [3.63, 3.8) is 0 Å². The number of hydrazine groups is 1. The zero-order chi connectivity index (χ0) is 12.9. The van der Waals surface area contributed by atoms with Gasteiger partial charge in [0.25, 0.3) is 5.66 Å². The molecule has 10 heteroatoms. The third-order valence-electron chi connectivity index (χ3n) is 2.54. The molecule has 0 aromatic rings.